The van der Waals surface area contributed by atoms with E-state index in [1.54, 1.807) is 0 Å². The SMILES string of the molecule is CC(C)C[C@H](NC(=O)[C@@H]1CCCN1C(=O)[C@H](Cc1cnc[nH]1)NC(=O)CNC(=O)[C@@H]1CCCN1)C(=O)N[C@@H](C)C(=O)N1CCC[C@H]1C(=O)N[C@@H](CCC(=O)O)C(=O)O. The Morgan fingerprint density at radius 1 is 0.793 bits per heavy atom. The van der Waals surface area contributed by atoms with Gasteiger partial charge in [-0.25, -0.2) is 9.78 Å². The summed E-state index contributed by atoms with van der Waals surface area (Å²) in [4.78, 5) is 126. The second-order valence-electron chi connectivity index (χ2n) is 15.4. The summed E-state index contributed by atoms with van der Waals surface area (Å²) in [5, 5.41) is 34.5. The van der Waals surface area contributed by atoms with Crippen LogP contribution >= 0.6 is 0 Å². The zero-order chi connectivity index (χ0) is 42.5. The molecule has 0 saturated carbocycles. The fourth-order valence-electron chi connectivity index (χ4n) is 7.46. The van der Waals surface area contributed by atoms with Gasteiger partial charge in [0.1, 0.15) is 36.3 Å². The monoisotopic (exact) mass is 816 g/mol. The highest BCUT2D eigenvalue weighted by molar-refractivity contribution is 5.97. The van der Waals surface area contributed by atoms with E-state index in [9.17, 15) is 48.3 Å². The van der Waals surface area contributed by atoms with E-state index in [2.05, 4.69) is 41.9 Å². The average molecular weight is 817 g/mol. The van der Waals surface area contributed by atoms with Crippen LogP contribution in [0.3, 0.4) is 0 Å². The summed E-state index contributed by atoms with van der Waals surface area (Å²) in [6, 6.07) is -7.24. The smallest absolute Gasteiger partial charge is 0.326 e. The van der Waals surface area contributed by atoms with Crippen LogP contribution < -0.4 is 31.9 Å². The predicted octanol–water partition coefficient (Wildman–Crippen LogP) is -2.24. The van der Waals surface area contributed by atoms with E-state index < -0.39 is 90.1 Å². The third-order valence-electron chi connectivity index (χ3n) is 10.4. The first-order valence-electron chi connectivity index (χ1n) is 19.8. The van der Waals surface area contributed by atoms with E-state index in [0.29, 0.717) is 31.5 Å². The van der Waals surface area contributed by atoms with Crippen molar-refractivity contribution >= 4 is 53.3 Å². The van der Waals surface area contributed by atoms with Gasteiger partial charge >= 0.3 is 11.9 Å². The number of carbonyl (C=O) groups is 9. The lowest BCUT2D eigenvalue weighted by molar-refractivity contribution is -0.145. The molecule has 21 nitrogen and oxygen atoms in total. The van der Waals surface area contributed by atoms with Crippen molar-refractivity contribution in [2.75, 3.05) is 26.2 Å². The van der Waals surface area contributed by atoms with Crippen molar-refractivity contribution in [3.63, 3.8) is 0 Å². The maximum atomic E-state index is 14.0. The normalized spacial score (nSPS) is 21.1. The minimum absolute atomic E-state index is 0.0300. The summed E-state index contributed by atoms with van der Waals surface area (Å²) >= 11 is 0. The van der Waals surface area contributed by atoms with E-state index in [1.807, 2.05) is 13.8 Å². The molecule has 7 amide bonds. The molecule has 4 rings (SSSR count). The second kappa shape index (κ2) is 21.2. The molecule has 1 aromatic heterocycles. The number of H-pyrrole nitrogens is 1. The van der Waals surface area contributed by atoms with Crippen LogP contribution in [0, 0.1) is 5.92 Å². The fraction of sp³-hybridized carbons (Fsp3) is 0.676. The van der Waals surface area contributed by atoms with Crippen molar-refractivity contribution in [2.24, 2.45) is 5.92 Å². The van der Waals surface area contributed by atoms with Crippen molar-refractivity contribution in [3.8, 4) is 0 Å². The summed E-state index contributed by atoms with van der Waals surface area (Å²) in [6.45, 7) is 5.84. The molecule has 3 fully saturated rings. The minimum Gasteiger partial charge on any atom is -0.481 e. The molecule has 4 heterocycles. The fourth-order valence-corrected chi connectivity index (χ4v) is 7.46. The average Bonchev–Trinajstić information content (AvgIpc) is 4.02. The summed E-state index contributed by atoms with van der Waals surface area (Å²) in [7, 11) is 0. The third-order valence-corrected chi connectivity index (χ3v) is 10.4. The van der Waals surface area contributed by atoms with Crippen LogP contribution in [0.2, 0.25) is 0 Å². The van der Waals surface area contributed by atoms with Gasteiger partial charge in [-0.2, -0.15) is 0 Å². The predicted molar refractivity (Wildman–Crippen MR) is 203 cm³/mol. The number of aliphatic carboxylic acids is 2. The Morgan fingerprint density at radius 3 is 1.98 bits per heavy atom. The van der Waals surface area contributed by atoms with Gasteiger partial charge in [0.05, 0.1) is 18.9 Å². The van der Waals surface area contributed by atoms with Crippen LogP contribution in [-0.4, -0.2) is 152 Å². The zero-order valence-corrected chi connectivity index (χ0v) is 33.1. The van der Waals surface area contributed by atoms with Crippen LogP contribution in [-0.2, 0) is 49.6 Å². The molecule has 0 spiro atoms. The maximum absolute atomic E-state index is 14.0. The first kappa shape index (κ1) is 45.1. The number of hydrogen-bond acceptors (Lipinski definition) is 11. The van der Waals surface area contributed by atoms with Crippen LogP contribution in [0.4, 0.5) is 0 Å². The maximum Gasteiger partial charge on any atom is 0.326 e. The quantitative estimate of drug-likeness (QED) is 0.0674. The summed E-state index contributed by atoms with van der Waals surface area (Å²) in [5.41, 5.74) is 0.552. The number of likely N-dealkylation sites (tertiary alicyclic amines) is 2. The van der Waals surface area contributed by atoms with Crippen LogP contribution in [0.5, 0.6) is 0 Å². The second-order valence-corrected chi connectivity index (χ2v) is 15.4. The van der Waals surface area contributed by atoms with Gasteiger partial charge in [0.2, 0.25) is 41.4 Å². The molecular formula is C37H56N10O11. The minimum atomic E-state index is -1.47. The molecule has 3 aliphatic rings. The number of aromatic nitrogens is 2. The molecule has 0 bridgehead atoms. The lowest BCUT2D eigenvalue weighted by atomic mass is 10.0. The lowest BCUT2D eigenvalue weighted by Gasteiger charge is -2.31. The number of amides is 7. The molecule has 3 aliphatic heterocycles. The Hall–Kier alpha value is -5.60. The van der Waals surface area contributed by atoms with Crippen molar-refractivity contribution in [1.29, 1.82) is 0 Å². The number of hydrogen-bond donors (Lipinski definition) is 9. The van der Waals surface area contributed by atoms with Crippen LogP contribution in [0.15, 0.2) is 12.5 Å². The van der Waals surface area contributed by atoms with Gasteiger partial charge in [0, 0.05) is 37.8 Å². The van der Waals surface area contributed by atoms with E-state index in [0.717, 1.165) is 6.42 Å². The molecule has 0 aliphatic carbocycles. The molecule has 7 atom stereocenters. The molecular weight excluding hydrogens is 760 g/mol. The molecule has 58 heavy (non-hydrogen) atoms. The van der Waals surface area contributed by atoms with Crippen LogP contribution in [0.1, 0.15) is 84.3 Å². The number of aromatic amines is 1. The summed E-state index contributed by atoms with van der Waals surface area (Å²) in [6.07, 6.45) is 5.24. The standard InChI is InChI=1S/C37H56N10O11/c1-20(2)15-25(32(52)42-21(3)35(55)46-13-5-8-27(46)33(53)44-24(37(57)58)10-11-30(49)50)45-34(54)28-9-6-14-47(28)36(56)26(16-22-17-38-19-41-22)43-29(48)18-40-31(51)23-7-4-12-39-23/h17,19-21,23-28,39H,4-16,18H2,1-3H3,(H,38,41)(H,40,51)(H,42,52)(H,43,48)(H,44,53)(H,45,54)(H,49,50)(H,57,58)/t21-,23-,24-,25-,26-,27-,28-/m0/s1. The first-order valence-corrected chi connectivity index (χ1v) is 19.8. The highest BCUT2D eigenvalue weighted by Crippen LogP contribution is 2.22. The molecule has 3 saturated heterocycles. The Labute approximate surface area is 335 Å². The van der Waals surface area contributed by atoms with Crippen molar-refractivity contribution < 1.29 is 53.4 Å². The number of carbonyl (C=O) groups excluding carboxylic acids is 7. The summed E-state index contributed by atoms with van der Waals surface area (Å²) in [5.74, 6) is -6.79. The number of imidazole rings is 1. The summed E-state index contributed by atoms with van der Waals surface area (Å²) < 4.78 is 0. The van der Waals surface area contributed by atoms with Crippen molar-refractivity contribution in [1.82, 2.24) is 51.7 Å². The van der Waals surface area contributed by atoms with Gasteiger partial charge in [-0.05, 0) is 70.8 Å². The van der Waals surface area contributed by atoms with Gasteiger partial charge in [-0.1, -0.05) is 13.8 Å². The molecule has 0 unspecified atom stereocenters. The molecule has 0 radical (unpaired) electrons. The van der Waals surface area contributed by atoms with Gasteiger partial charge < -0.3 is 56.9 Å². The number of rotatable bonds is 20. The highest BCUT2D eigenvalue weighted by Gasteiger charge is 2.41. The molecule has 21 heteroatoms. The Bertz CT molecular complexity index is 1670. The van der Waals surface area contributed by atoms with Gasteiger partial charge in [-0.3, -0.25) is 38.4 Å². The van der Waals surface area contributed by atoms with E-state index >= 15 is 0 Å². The number of carboxylic acids is 2. The molecule has 1 aromatic rings. The van der Waals surface area contributed by atoms with Gasteiger partial charge in [0.25, 0.3) is 0 Å². The topological polar surface area (TPSA) is 301 Å². The molecule has 0 aromatic carbocycles. The molecule has 320 valence electrons. The van der Waals surface area contributed by atoms with Gasteiger partial charge in [-0.15, -0.1) is 0 Å². The van der Waals surface area contributed by atoms with E-state index in [4.69, 9.17) is 5.11 Å². The first-order chi connectivity index (χ1) is 27.5. The van der Waals surface area contributed by atoms with Crippen LogP contribution in [0.25, 0.3) is 0 Å². The number of nitrogens with zero attached hydrogens (tertiary/aromatic N) is 3. The largest absolute Gasteiger partial charge is 0.481 e. The lowest BCUT2D eigenvalue weighted by Crippen LogP contribution is -2.59. The van der Waals surface area contributed by atoms with E-state index in [-0.39, 0.29) is 69.6 Å². The number of carboxylic acid groups (broad SMARTS) is 2. The number of nitrogens with one attached hydrogen (secondary N) is 7. The Morgan fingerprint density at radius 2 is 1.43 bits per heavy atom. The Balaban J connectivity index is 1.39. The van der Waals surface area contributed by atoms with Crippen molar-refractivity contribution in [3.05, 3.63) is 18.2 Å². The third kappa shape index (κ3) is 12.7. The molecule has 9 N–H and O–H groups in total. The Kier molecular flexibility index (Phi) is 16.5. The zero-order valence-electron chi connectivity index (χ0n) is 33.1. The highest BCUT2D eigenvalue weighted by atomic mass is 16.4. The van der Waals surface area contributed by atoms with Gasteiger partial charge in [0.15, 0.2) is 0 Å². The van der Waals surface area contributed by atoms with E-state index in [1.165, 1.54) is 29.2 Å². The van der Waals surface area contributed by atoms with Crippen molar-refractivity contribution in [2.45, 2.75) is 127 Å².